The smallest absolute Gasteiger partial charge is 0.325 e. The molecule has 0 bridgehead atoms. The SMILES string of the molecule is CCOc1cccc2sc(=NC(=O)c3ccc(N4C(=O)CCC4=O)cc3)n(CC(=O)OC)c12. The summed E-state index contributed by atoms with van der Waals surface area (Å²) in [5, 5.41) is 0. The minimum absolute atomic E-state index is 0.134. The second-order valence-corrected chi connectivity index (χ2v) is 8.18. The fourth-order valence-corrected chi connectivity index (χ4v) is 4.61. The summed E-state index contributed by atoms with van der Waals surface area (Å²) in [6.07, 6.45) is 0.370. The molecule has 10 heteroatoms. The normalized spacial score (nSPS) is 14.2. The summed E-state index contributed by atoms with van der Waals surface area (Å²) < 4.78 is 12.9. The molecule has 170 valence electrons. The lowest BCUT2D eigenvalue weighted by molar-refractivity contribution is -0.141. The number of aromatic nitrogens is 1. The van der Waals surface area contributed by atoms with E-state index in [0.29, 0.717) is 28.4 Å². The average Bonchev–Trinajstić information content (AvgIpc) is 3.33. The van der Waals surface area contributed by atoms with Crippen molar-refractivity contribution >= 4 is 50.9 Å². The van der Waals surface area contributed by atoms with Gasteiger partial charge >= 0.3 is 5.97 Å². The van der Waals surface area contributed by atoms with Crippen molar-refractivity contribution in [1.82, 2.24) is 4.57 Å². The Hall–Kier alpha value is -3.79. The maximum absolute atomic E-state index is 12.9. The van der Waals surface area contributed by atoms with Gasteiger partial charge in [-0.25, -0.2) is 0 Å². The summed E-state index contributed by atoms with van der Waals surface area (Å²) in [5.41, 5.74) is 1.36. The van der Waals surface area contributed by atoms with Gasteiger partial charge < -0.3 is 14.0 Å². The highest BCUT2D eigenvalue weighted by molar-refractivity contribution is 7.16. The molecular formula is C23H21N3O6S. The van der Waals surface area contributed by atoms with Crippen LogP contribution in [0.15, 0.2) is 47.5 Å². The molecule has 3 amide bonds. The number of carbonyl (C=O) groups is 4. The molecule has 1 fully saturated rings. The van der Waals surface area contributed by atoms with Crippen molar-refractivity contribution in [3.05, 3.63) is 52.8 Å². The molecule has 1 aromatic heterocycles. The van der Waals surface area contributed by atoms with Gasteiger partial charge in [-0.15, -0.1) is 0 Å². The first-order valence-electron chi connectivity index (χ1n) is 10.3. The molecule has 4 rings (SSSR count). The van der Waals surface area contributed by atoms with E-state index in [0.717, 1.165) is 9.60 Å². The molecule has 0 spiro atoms. The number of fused-ring (bicyclic) bond motifs is 1. The lowest BCUT2D eigenvalue weighted by Gasteiger charge is -2.13. The van der Waals surface area contributed by atoms with E-state index in [1.807, 2.05) is 19.1 Å². The minimum atomic E-state index is -0.524. The second-order valence-electron chi connectivity index (χ2n) is 7.17. The van der Waals surface area contributed by atoms with Gasteiger partial charge in [0.1, 0.15) is 17.8 Å². The van der Waals surface area contributed by atoms with Gasteiger partial charge in [-0.2, -0.15) is 4.99 Å². The zero-order valence-corrected chi connectivity index (χ0v) is 18.9. The number of carbonyl (C=O) groups excluding carboxylic acids is 4. The summed E-state index contributed by atoms with van der Waals surface area (Å²) in [5.74, 6) is -0.956. The maximum atomic E-state index is 12.9. The van der Waals surface area contributed by atoms with E-state index in [2.05, 4.69) is 4.99 Å². The Bertz CT molecular complexity index is 1310. The first-order valence-corrected chi connectivity index (χ1v) is 11.1. The van der Waals surface area contributed by atoms with E-state index in [1.54, 1.807) is 22.8 Å². The number of esters is 1. The molecule has 2 heterocycles. The second kappa shape index (κ2) is 9.37. The zero-order chi connectivity index (χ0) is 23.5. The van der Waals surface area contributed by atoms with Gasteiger partial charge in [0, 0.05) is 18.4 Å². The van der Waals surface area contributed by atoms with Crippen LogP contribution in [0.3, 0.4) is 0 Å². The highest BCUT2D eigenvalue weighted by Gasteiger charge is 2.30. The molecule has 0 N–H and O–H groups in total. The van der Waals surface area contributed by atoms with Gasteiger partial charge in [-0.1, -0.05) is 17.4 Å². The number of nitrogens with zero attached hydrogens (tertiary/aromatic N) is 3. The number of imide groups is 1. The zero-order valence-electron chi connectivity index (χ0n) is 18.1. The fourth-order valence-electron chi connectivity index (χ4n) is 3.56. The molecule has 0 saturated carbocycles. The highest BCUT2D eigenvalue weighted by Crippen LogP contribution is 2.28. The summed E-state index contributed by atoms with van der Waals surface area (Å²) in [6, 6.07) is 11.6. The van der Waals surface area contributed by atoms with Crippen LogP contribution in [-0.2, 0) is 25.7 Å². The number of thiazole rings is 1. The molecule has 33 heavy (non-hydrogen) atoms. The Balaban J connectivity index is 1.73. The van der Waals surface area contributed by atoms with Gasteiger partial charge in [0.25, 0.3) is 5.91 Å². The summed E-state index contributed by atoms with van der Waals surface area (Å²) in [6.45, 7) is 2.16. The minimum Gasteiger partial charge on any atom is -0.492 e. The number of anilines is 1. The molecule has 2 aromatic carbocycles. The van der Waals surface area contributed by atoms with Gasteiger partial charge in [-0.05, 0) is 43.3 Å². The predicted molar refractivity (Wildman–Crippen MR) is 121 cm³/mol. The number of amides is 3. The van der Waals surface area contributed by atoms with Crippen LogP contribution >= 0.6 is 11.3 Å². The number of hydrogen-bond donors (Lipinski definition) is 0. The molecule has 1 aliphatic rings. The number of rotatable bonds is 6. The molecule has 1 aliphatic heterocycles. The lowest BCUT2D eigenvalue weighted by Crippen LogP contribution is -2.28. The van der Waals surface area contributed by atoms with Crippen molar-refractivity contribution in [2.45, 2.75) is 26.3 Å². The van der Waals surface area contributed by atoms with Crippen LogP contribution in [0, 0.1) is 0 Å². The number of benzene rings is 2. The molecule has 0 atom stereocenters. The third kappa shape index (κ3) is 4.42. The quantitative estimate of drug-likeness (QED) is 0.408. The van der Waals surface area contributed by atoms with Crippen LogP contribution in [0.2, 0.25) is 0 Å². The van der Waals surface area contributed by atoms with Gasteiger partial charge in [0.05, 0.1) is 24.1 Å². The van der Waals surface area contributed by atoms with E-state index in [4.69, 9.17) is 9.47 Å². The lowest BCUT2D eigenvalue weighted by atomic mass is 10.2. The average molecular weight is 468 g/mol. The number of ether oxygens (including phenoxy) is 2. The number of para-hydroxylation sites is 1. The third-order valence-electron chi connectivity index (χ3n) is 5.10. The first kappa shape index (κ1) is 22.4. The van der Waals surface area contributed by atoms with E-state index < -0.39 is 11.9 Å². The largest absolute Gasteiger partial charge is 0.492 e. The monoisotopic (exact) mass is 467 g/mol. The summed E-state index contributed by atoms with van der Waals surface area (Å²) in [7, 11) is 1.29. The van der Waals surface area contributed by atoms with E-state index in [-0.39, 0.29) is 36.8 Å². The summed E-state index contributed by atoms with van der Waals surface area (Å²) >= 11 is 1.25. The van der Waals surface area contributed by atoms with Crippen molar-refractivity contribution in [2.75, 3.05) is 18.6 Å². The van der Waals surface area contributed by atoms with Gasteiger partial charge in [-0.3, -0.25) is 24.1 Å². The molecule has 3 aromatic rings. The van der Waals surface area contributed by atoms with Crippen molar-refractivity contribution in [3.8, 4) is 5.75 Å². The summed E-state index contributed by atoms with van der Waals surface area (Å²) in [4.78, 5) is 54.5. The topological polar surface area (TPSA) is 107 Å². The van der Waals surface area contributed by atoms with Crippen LogP contribution < -0.4 is 14.4 Å². The maximum Gasteiger partial charge on any atom is 0.325 e. The van der Waals surface area contributed by atoms with Gasteiger partial charge in [0.2, 0.25) is 11.8 Å². The molecule has 1 saturated heterocycles. The van der Waals surface area contributed by atoms with Crippen LogP contribution in [-0.4, -0.2) is 42.0 Å². The van der Waals surface area contributed by atoms with Crippen LogP contribution in [0.4, 0.5) is 5.69 Å². The molecular weight excluding hydrogens is 446 g/mol. The predicted octanol–water partition coefficient (Wildman–Crippen LogP) is 2.67. The fraction of sp³-hybridized carbons (Fsp3) is 0.261. The molecule has 0 radical (unpaired) electrons. The molecule has 0 aliphatic carbocycles. The van der Waals surface area contributed by atoms with Crippen molar-refractivity contribution in [3.63, 3.8) is 0 Å². The Morgan fingerprint density at radius 2 is 1.76 bits per heavy atom. The molecule has 9 nitrogen and oxygen atoms in total. The number of methoxy groups -OCH3 is 1. The highest BCUT2D eigenvalue weighted by atomic mass is 32.1. The van der Waals surface area contributed by atoms with Crippen LogP contribution in [0.25, 0.3) is 10.2 Å². The van der Waals surface area contributed by atoms with Crippen molar-refractivity contribution in [2.24, 2.45) is 4.99 Å². The van der Waals surface area contributed by atoms with Crippen LogP contribution in [0.1, 0.15) is 30.1 Å². The first-order chi connectivity index (χ1) is 15.9. The number of hydrogen-bond acceptors (Lipinski definition) is 7. The molecule has 0 unspecified atom stereocenters. The van der Waals surface area contributed by atoms with E-state index >= 15 is 0 Å². The van der Waals surface area contributed by atoms with E-state index in [9.17, 15) is 19.2 Å². The third-order valence-corrected chi connectivity index (χ3v) is 6.14. The van der Waals surface area contributed by atoms with Crippen LogP contribution in [0.5, 0.6) is 5.75 Å². The van der Waals surface area contributed by atoms with E-state index in [1.165, 1.54) is 30.6 Å². The standard InChI is InChI=1S/C23H21N3O6S/c1-3-32-16-5-4-6-17-21(16)25(13-20(29)31-2)23(33-17)24-22(30)14-7-9-15(10-8-14)26-18(27)11-12-19(26)28/h4-10H,3,11-13H2,1-2H3. The Morgan fingerprint density at radius 3 is 2.39 bits per heavy atom. The van der Waals surface area contributed by atoms with Crippen molar-refractivity contribution in [1.29, 1.82) is 0 Å². The Morgan fingerprint density at radius 1 is 1.06 bits per heavy atom. The van der Waals surface area contributed by atoms with Gasteiger partial charge in [0.15, 0.2) is 4.80 Å². The van der Waals surface area contributed by atoms with Crippen molar-refractivity contribution < 1.29 is 28.7 Å². The Labute approximate surface area is 192 Å². The Kier molecular flexibility index (Phi) is 6.36.